The lowest BCUT2D eigenvalue weighted by molar-refractivity contribution is 0.0601. The minimum atomic E-state index is -0.556. The zero-order chi connectivity index (χ0) is 19.4. The fraction of sp³-hybridized carbons (Fsp3) is 0.235. The molecule has 138 valence electrons. The Hall–Kier alpha value is -1.97. The largest absolute Gasteiger partial charge is 0.465 e. The standard InChI is InChI=1S/C17H17BrN2O4S2/c1-8-7-10(18)5-6-11(8)19-17(25)20-14-12(15(21)23-3)9(2)13(26-14)16(22)24-4/h5-7H,1-4H3,(H2,19,20,25). The maximum Gasteiger partial charge on any atom is 0.348 e. The summed E-state index contributed by atoms with van der Waals surface area (Å²) in [5.74, 6) is -1.08. The summed E-state index contributed by atoms with van der Waals surface area (Å²) in [6.07, 6.45) is 0. The molecule has 0 aliphatic carbocycles. The average molecular weight is 457 g/mol. The number of halogens is 1. The van der Waals surface area contributed by atoms with Gasteiger partial charge in [-0.2, -0.15) is 0 Å². The highest BCUT2D eigenvalue weighted by molar-refractivity contribution is 9.10. The van der Waals surface area contributed by atoms with Gasteiger partial charge in [0, 0.05) is 10.2 Å². The number of hydrogen-bond acceptors (Lipinski definition) is 6. The van der Waals surface area contributed by atoms with Crippen molar-refractivity contribution in [2.45, 2.75) is 13.8 Å². The van der Waals surface area contributed by atoms with Crippen LogP contribution in [0.4, 0.5) is 10.7 Å². The van der Waals surface area contributed by atoms with Crippen LogP contribution in [-0.4, -0.2) is 31.3 Å². The van der Waals surface area contributed by atoms with Crippen LogP contribution in [-0.2, 0) is 9.47 Å². The van der Waals surface area contributed by atoms with Crippen molar-refractivity contribution in [1.82, 2.24) is 0 Å². The maximum atomic E-state index is 12.1. The van der Waals surface area contributed by atoms with Gasteiger partial charge in [0.1, 0.15) is 9.88 Å². The number of benzene rings is 1. The zero-order valence-electron chi connectivity index (χ0n) is 14.6. The number of aryl methyl sites for hydroxylation is 1. The minimum Gasteiger partial charge on any atom is -0.465 e. The lowest BCUT2D eigenvalue weighted by Gasteiger charge is -2.12. The normalized spacial score (nSPS) is 10.2. The fourth-order valence-corrected chi connectivity index (χ4v) is 4.13. The first-order valence-corrected chi connectivity index (χ1v) is 9.44. The molecule has 2 N–H and O–H groups in total. The van der Waals surface area contributed by atoms with Gasteiger partial charge in [-0.3, -0.25) is 0 Å². The quantitative estimate of drug-likeness (QED) is 0.517. The topological polar surface area (TPSA) is 76.7 Å². The lowest BCUT2D eigenvalue weighted by Crippen LogP contribution is -2.20. The summed E-state index contributed by atoms with van der Waals surface area (Å²) >= 11 is 9.84. The molecule has 26 heavy (non-hydrogen) atoms. The van der Waals surface area contributed by atoms with E-state index in [1.807, 2.05) is 25.1 Å². The van der Waals surface area contributed by atoms with Crippen molar-refractivity contribution in [2.75, 3.05) is 24.9 Å². The van der Waals surface area contributed by atoms with Crippen LogP contribution in [0.1, 0.15) is 31.2 Å². The van der Waals surface area contributed by atoms with E-state index in [0.717, 1.165) is 27.1 Å². The Morgan fingerprint density at radius 3 is 2.35 bits per heavy atom. The monoisotopic (exact) mass is 456 g/mol. The summed E-state index contributed by atoms with van der Waals surface area (Å²) in [5, 5.41) is 6.76. The van der Waals surface area contributed by atoms with Crippen molar-refractivity contribution in [3.05, 3.63) is 44.2 Å². The van der Waals surface area contributed by atoms with E-state index in [0.29, 0.717) is 20.6 Å². The number of thiocarbonyl (C=S) groups is 1. The Morgan fingerprint density at radius 2 is 1.77 bits per heavy atom. The van der Waals surface area contributed by atoms with Crippen molar-refractivity contribution in [2.24, 2.45) is 0 Å². The molecule has 0 unspecified atom stereocenters. The molecular formula is C17H17BrN2O4S2. The van der Waals surface area contributed by atoms with Crippen molar-refractivity contribution < 1.29 is 19.1 Å². The van der Waals surface area contributed by atoms with E-state index < -0.39 is 11.9 Å². The van der Waals surface area contributed by atoms with Crippen molar-refractivity contribution in [3.8, 4) is 0 Å². The van der Waals surface area contributed by atoms with Crippen molar-refractivity contribution >= 4 is 67.2 Å². The Kier molecular flexibility index (Phi) is 6.74. The average Bonchev–Trinajstić information content (AvgIpc) is 2.92. The van der Waals surface area contributed by atoms with Crippen molar-refractivity contribution in [3.63, 3.8) is 0 Å². The van der Waals surface area contributed by atoms with Gasteiger partial charge in [-0.05, 0) is 55.4 Å². The van der Waals surface area contributed by atoms with E-state index >= 15 is 0 Å². The molecule has 0 aliphatic rings. The smallest absolute Gasteiger partial charge is 0.348 e. The molecule has 1 aromatic heterocycles. The molecule has 9 heteroatoms. The molecule has 0 radical (unpaired) electrons. The van der Waals surface area contributed by atoms with E-state index in [9.17, 15) is 9.59 Å². The second kappa shape index (κ2) is 8.61. The molecule has 6 nitrogen and oxygen atoms in total. The predicted molar refractivity (Wildman–Crippen MR) is 110 cm³/mol. The summed E-state index contributed by atoms with van der Waals surface area (Å²) in [7, 11) is 2.57. The molecule has 0 fully saturated rings. The van der Waals surface area contributed by atoms with Crippen LogP contribution in [0.25, 0.3) is 0 Å². The van der Waals surface area contributed by atoms with E-state index in [4.69, 9.17) is 21.7 Å². The van der Waals surface area contributed by atoms with Gasteiger partial charge in [0.05, 0.1) is 19.8 Å². The highest BCUT2D eigenvalue weighted by Crippen LogP contribution is 2.34. The molecule has 0 atom stereocenters. The lowest BCUT2D eigenvalue weighted by atomic mass is 10.1. The number of esters is 2. The Balaban J connectivity index is 2.31. The van der Waals surface area contributed by atoms with Gasteiger partial charge in [0.25, 0.3) is 0 Å². The molecule has 1 heterocycles. The first-order valence-electron chi connectivity index (χ1n) is 7.42. The highest BCUT2D eigenvalue weighted by atomic mass is 79.9. The third kappa shape index (κ3) is 4.40. The number of hydrogen-bond donors (Lipinski definition) is 2. The van der Waals surface area contributed by atoms with Crippen LogP contribution in [0.15, 0.2) is 22.7 Å². The number of carbonyl (C=O) groups excluding carboxylic acids is 2. The zero-order valence-corrected chi connectivity index (χ0v) is 17.8. The van der Waals surface area contributed by atoms with Crippen LogP contribution in [0.3, 0.4) is 0 Å². The van der Waals surface area contributed by atoms with Gasteiger partial charge >= 0.3 is 11.9 Å². The van der Waals surface area contributed by atoms with Gasteiger partial charge in [-0.1, -0.05) is 15.9 Å². The summed E-state index contributed by atoms with van der Waals surface area (Å²) < 4.78 is 10.6. The van der Waals surface area contributed by atoms with E-state index in [1.165, 1.54) is 14.2 Å². The molecule has 0 saturated heterocycles. The predicted octanol–water partition coefficient (Wildman–Crippen LogP) is 4.51. The second-order valence-electron chi connectivity index (χ2n) is 5.28. The number of nitrogens with one attached hydrogen (secondary N) is 2. The molecule has 2 aromatic rings. The minimum absolute atomic E-state index is 0.259. The first kappa shape index (κ1) is 20.3. The van der Waals surface area contributed by atoms with Crippen LogP contribution in [0.5, 0.6) is 0 Å². The highest BCUT2D eigenvalue weighted by Gasteiger charge is 2.26. The summed E-state index contributed by atoms with van der Waals surface area (Å²) in [6.45, 7) is 3.61. The molecule has 0 bridgehead atoms. The van der Waals surface area contributed by atoms with Crippen LogP contribution in [0.2, 0.25) is 0 Å². The number of ether oxygens (including phenoxy) is 2. The first-order chi connectivity index (χ1) is 12.3. The van der Waals surface area contributed by atoms with Crippen LogP contribution < -0.4 is 10.6 Å². The van der Waals surface area contributed by atoms with E-state index in [1.54, 1.807) is 6.92 Å². The Morgan fingerprint density at radius 1 is 1.12 bits per heavy atom. The summed E-state index contributed by atoms with van der Waals surface area (Å²) in [6, 6.07) is 5.73. The molecule has 0 saturated carbocycles. The van der Waals surface area contributed by atoms with Crippen molar-refractivity contribution in [1.29, 1.82) is 0 Å². The van der Waals surface area contributed by atoms with Gasteiger partial charge in [-0.25, -0.2) is 9.59 Å². The van der Waals surface area contributed by atoms with Gasteiger partial charge < -0.3 is 20.1 Å². The SMILES string of the molecule is COC(=O)c1sc(NC(=S)Nc2ccc(Br)cc2C)c(C(=O)OC)c1C. The van der Waals surface area contributed by atoms with Gasteiger partial charge in [-0.15, -0.1) is 11.3 Å². The molecule has 0 amide bonds. The third-order valence-corrected chi connectivity index (χ3v) is 5.46. The fourth-order valence-electron chi connectivity index (χ4n) is 2.26. The number of methoxy groups -OCH3 is 2. The maximum absolute atomic E-state index is 12.1. The summed E-state index contributed by atoms with van der Waals surface area (Å²) in [4.78, 5) is 24.4. The molecule has 0 aliphatic heterocycles. The molecule has 0 spiro atoms. The second-order valence-corrected chi connectivity index (χ2v) is 7.63. The van der Waals surface area contributed by atoms with Crippen LogP contribution in [0, 0.1) is 13.8 Å². The summed E-state index contributed by atoms with van der Waals surface area (Å²) in [5.41, 5.74) is 2.56. The van der Waals surface area contributed by atoms with Crippen LogP contribution >= 0.6 is 39.5 Å². The van der Waals surface area contributed by atoms with E-state index in [-0.39, 0.29) is 5.56 Å². The van der Waals surface area contributed by atoms with Gasteiger partial charge in [0.15, 0.2) is 5.11 Å². The number of anilines is 2. The Labute approximate surface area is 169 Å². The van der Waals surface area contributed by atoms with E-state index in [2.05, 4.69) is 26.6 Å². The molecular weight excluding hydrogens is 440 g/mol. The Bertz CT molecular complexity index is 880. The third-order valence-electron chi connectivity index (χ3n) is 3.57. The molecule has 2 rings (SSSR count). The number of thiophene rings is 1. The number of carbonyl (C=O) groups is 2. The molecule has 1 aromatic carbocycles. The van der Waals surface area contributed by atoms with Gasteiger partial charge in [0.2, 0.25) is 0 Å². The number of rotatable bonds is 4.